The second-order valence-electron chi connectivity index (χ2n) is 6.34. The highest BCUT2D eigenvalue weighted by molar-refractivity contribution is 7.89. The first-order chi connectivity index (χ1) is 14.1. The summed E-state index contributed by atoms with van der Waals surface area (Å²) in [5.41, 5.74) is 0.424. The average Bonchev–Trinajstić information content (AvgIpc) is 2.73. The van der Waals surface area contributed by atoms with Crippen LogP contribution < -0.4 is 4.74 Å². The monoisotopic (exact) mass is 438 g/mol. The Balaban J connectivity index is 2.62. The van der Waals surface area contributed by atoms with Gasteiger partial charge in [-0.3, -0.25) is 14.9 Å². The smallest absolute Gasteiger partial charge is 0.326 e. The molecule has 1 unspecified atom stereocenters. The summed E-state index contributed by atoms with van der Waals surface area (Å²) in [4.78, 5) is 22.8. The van der Waals surface area contributed by atoms with Crippen molar-refractivity contribution in [2.45, 2.75) is 24.4 Å². The molecule has 10 nitrogen and oxygen atoms in total. The summed E-state index contributed by atoms with van der Waals surface area (Å²) in [5, 5.41) is 21.2. The van der Waals surface area contributed by atoms with Gasteiger partial charge >= 0.3 is 5.97 Å². The highest BCUT2D eigenvalue weighted by Gasteiger charge is 2.37. The first-order valence-electron chi connectivity index (χ1n) is 8.74. The number of aliphatic hydroxyl groups is 1. The average molecular weight is 438 g/mol. The van der Waals surface area contributed by atoms with E-state index in [1.807, 2.05) is 0 Å². The van der Waals surface area contributed by atoms with Gasteiger partial charge < -0.3 is 14.6 Å². The SMILES string of the molecule is COC(=O)C(CO)N(Cc1cc(C)ccc1[N+](=O)[O-])S(=O)(=O)c1ccc(OC)cc1. The molecule has 0 amide bonds. The van der Waals surface area contributed by atoms with Gasteiger partial charge in [-0.25, -0.2) is 8.42 Å². The van der Waals surface area contributed by atoms with Gasteiger partial charge in [0.2, 0.25) is 10.0 Å². The van der Waals surface area contributed by atoms with Crippen molar-refractivity contribution in [3.05, 3.63) is 63.7 Å². The standard InChI is InChI=1S/C19H22N2O8S/c1-13-4-9-17(21(24)25)14(10-13)11-20(18(12-22)19(23)29-3)30(26,27)16-7-5-15(28-2)6-8-16/h4-10,18,22H,11-12H2,1-3H3. The lowest BCUT2D eigenvalue weighted by Gasteiger charge is -2.28. The lowest BCUT2D eigenvalue weighted by atomic mass is 10.1. The summed E-state index contributed by atoms with van der Waals surface area (Å²) < 4.78 is 37.0. The Morgan fingerprint density at radius 2 is 1.83 bits per heavy atom. The van der Waals surface area contributed by atoms with Crippen LogP contribution in [0.15, 0.2) is 47.4 Å². The molecule has 2 aromatic carbocycles. The van der Waals surface area contributed by atoms with Gasteiger partial charge in [0, 0.05) is 18.2 Å². The fourth-order valence-electron chi connectivity index (χ4n) is 2.85. The lowest BCUT2D eigenvalue weighted by molar-refractivity contribution is -0.385. The quantitative estimate of drug-likeness (QED) is 0.354. The molecular formula is C19H22N2O8S. The normalized spacial score (nSPS) is 12.4. The number of aliphatic hydroxyl groups excluding tert-OH is 1. The molecule has 0 aromatic heterocycles. The van der Waals surface area contributed by atoms with E-state index in [0.717, 1.165) is 7.11 Å². The van der Waals surface area contributed by atoms with Crippen LogP contribution in [0, 0.1) is 17.0 Å². The van der Waals surface area contributed by atoms with Gasteiger partial charge in [0.25, 0.3) is 5.69 Å². The topological polar surface area (TPSA) is 136 Å². The largest absolute Gasteiger partial charge is 0.497 e. The fraction of sp³-hybridized carbons (Fsp3) is 0.316. The number of sulfonamides is 1. The van der Waals surface area contributed by atoms with Crippen molar-refractivity contribution >= 4 is 21.7 Å². The Hall–Kier alpha value is -3.02. The number of esters is 1. The molecule has 1 atom stereocenters. The van der Waals surface area contributed by atoms with Gasteiger partial charge in [0.15, 0.2) is 0 Å². The Morgan fingerprint density at radius 1 is 1.20 bits per heavy atom. The van der Waals surface area contributed by atoms with Crippen LogP contribution in [0.25, 0.3) is 0 Å². The molecule has 0 aliphatic carbocycles. The van der Waals surface area contributed by atoms with Crippen LogP contribution in [0.5, 0.6) is 5.75 Å². The number of carbonyl (C=O) groups is 1. The predicted octanol–water partition coefficient (Wildman–Crippen LogP) is 1.64. The van der Waals surface area contributed by atoms with E-state index in [4.69, 9.17) is 4.74 Å². The molecule has 1 N–H and O–H groups in total. The van der Waals surface area contributed by atoms with E-state index < -0.39 is 40.1 Å². The zero-order valence-electron chi connectivity index (χ0n) is 16.6. The van der Waals surface area contributed by atoms with Crippen molar-refractivity contribution in [2.75, 3.05) is 20.8 Å². The van der Waals surface area contributed by atoms with Gasteiger partial charge in [-0.2, -0.15) is 4.31 Å². The summed E-state index contributed by atoms with van der Waals surface area (Å²) >= 11 is 0. The fourth-order valence-corrected chi connectivity index (χ4v) is 4.40. The third-order valence-corrected chi connectivity index (χ3v) is 6.29. The Kier molecular flexibility index (Phi) is 7.48. The minimum atomic E-state index is -4.35. The van der Waals surface area contributed by atoms with Gasteiger partial charge in [0.05, 0.1) is 30.6 Å². The zero-order valence-corrected chi connectivity index (χ0v) is 17.5. The van der Waals surface area contributed by atoms with Crippen LogP contribution in [-0.4, -0.2) is 55.6 Å². The minimum absolute atomic E-state index is 0.0689. The number of nitro groups is 1. The first-order valence-corrected chi connectivity index (χ1v) is 10.2. The number of benzene rings is 2. The summed E-state index contributed by atoms with van der Waals surface area (Å²) in [5.74, 6) is -0.577. The number of methoxy groups -OCH3 is 2. The third-order valence-electron chi connectivity index (χ3n) is 4.42. The van der Waals surface area contributed by atoms with Crippen LogP contribution in [-0.2, 0) is 26.1 Å². The molecule has 30 heavy (non-hydrogen) atoms. The Bertz CT molecular complexity index is 1020. The number of hydrogen-bond acceptors (Lipinski definition) is 8. The molecule has 2 aromatic rings. The number of carbonyl (C=O) groups excluding carboxylic acids is 1. The maximum absolute atomic E-state index is 13.3. The summed E-state index contributed by atoms with van der Waals surface area (Å²) in [6.07, 6.45) is 0. The van der Waals surface area contributed by atoms with Crippen molar-refractivity contribution in [3.8, 4) is 5.75 Å². The van der Waals surface area contributed by atoms with E-state index >= 15 is 0 Å². The molecule has 0 aliphatic heterocycles. The van der Waals surface area contributed by atoms with Crippen LogP contribution in [0.1, 0.15) is 11.1 Å². The number of rotatable bonds is 9. The van der Waals surface area contributed by atoms with Crippen molar-refractivity contribution in [3.63, 3.8) is 0 Å². The molecule has 2 rings (SSSR count). The Labute approximate surface area is 173 Å². The lowest BCUT2D eigenvalue weighted by Crippen LogP contribution is -2.47. The summed E-state index contributed by atoms with van der Waals surface area (Å²) in [7, 11) is -1.88. The van der Waals surface area contributed by atoms with Gasteiger partial charge in [-0.15, -0.1) is 0 Å². The molecule has 0 spiro atoms. The van der Waals surface area contributed by atoms with Crippen molar-refractivity contribution < 1.29 is 32.7 Å². The molecule has 0 bridgehead atoms. The minimum Gasteiger partial charge on any atom is -0.497 e. The van der Waals surface area contributed by atoms with E-state index in [0.29, 0.717) is 15.6 Å². The number of hydrogen-bond donors (Lipinski definition) is 1. The highest BCUT2D eigenvalue weighted by atomic mass is 32.2. The zero-order chi connectivity index (χ0) is 22.5. The van der Waals surface area contributed by atoms with Crippen LogP contribution in [0.4, 0.5) is 5.69 Å². The maximum Gasteiger partial charge on any atom is 0.326 e. The first kappa shape index (κ1) is 23.3. The molecular weight excluding hydrogens is 416 g/mol. The van der Waals surface area contributed by atoms with Crippen LogP contribution in [0.3, 0.4) is 0 Å². The van der Waals surface area contributed by atoms with E-state index in [-0.39, 0.29) is 16.1 Å². The Morgan fingerprint density at radius 3 is 2.33 bits per heavy atom. The van der Waals surface area contributed by atoms with Gasteiger partial charge in [0.1, 0.15) is 11.8 Å². The summed E-state index contributed by atoms with van der Waals surface area (Å²) in [6.45, 7) is 0.299. The number of nitrogens with zero attached hydrogens (tertiary/aromatic N) is 2. The van der Waals surface area contributed by atoms with Gasteiger partial charge in [-0.1, -0.05) is 11.6 Å². The number of aryl methyl sites for hydroxylation is 1. The van der Waals surface area contributed by atoms with Crippen LogP contribution in [0.2, 0.25) is 0 Å². The second kappa shape index (κ2) is 9.65. The van der Waals surface area contributed by atoms with E-state index in [1.165, 1.54) is 49.6 Å². The molecule has 0 radical (unpaired) electrons. The van der Waals surface area contributed by atoms with E-state index in [9.17, 15) is 28.4 Å². The molecule has 0 heterocycles. The molecule has 0 saturated heterocycles. The molecule has 11 heteroatoms. The molecule has 0 fully saturated rings. The highest BCUT2D eigenvalue weighted by Crippen LogP contribution is 2.28. The maximum atomic E-state index is 13.3. The molecule has 0 saturated carbocycles. The number of ether oxygens (including phenoxy) is 2. The van der Waals surface area contributed by atoms with Gasteiger partial charge in [-0.05, 0) is 37.3 Å². The second-order valence-corrected chi connectivity index (χ2v) is 8.23. The van der Waals surface area contributed by atoms with E-state index in [1.54, 1.807) is 6.92 Å². The predicted molar refractivity (Wildman–Crippen MR) is 106 cm³/mol. The summed E-state index contributed by atoms with van der Waals surface area (Å²) in [6, 6.07) is 8.04. The molecule has 162 valence electrons. The number of nitro benzene ring substituents is 1. The van der Waals surface area contributed by atoms with Crippen molar-refractivity contribution in [1.29, 1.82) is 0 Å². The van der Waals surface area contributed by atoms with Crippen molar-refractivity contribution in [1.82, 2.24) is 4.31 Å². The van der Waals surface area contributed by atoms with Crippen LogP contribution >= 0.6 is 0 Å². The van der Waals surface area contributed by atoms with Crippen molar-refractivity contribution in [2.24, 2.45) is 0 Å². The third kappa shape index (κ3) is 4.93. The van der Waals surface area contributed by atoms with E-state index in [2.05, 4.69) is 4.74 Å². The molecule has 0 aliphatic rings.